The van der Waals surface area contributed by atoms with Crippen LogP contribution in [0.4, 0.5) is 15.8 Å². The van der Waals surface area contributed by atoms with Crippen molar-refractivity contribution < 1.29 is 4.39 Å². The van der Waals surface area contributed by atoms with Gasteiger partial charge in [-0.05, 0) is 12.1 Å². The van der Waals surface area contributed by atoms with E-state index >= 15 is 0 Å². The van der Waals surface area contributed by atoms with Crippen LogP contribution in [0.25, 0.3) is 11.3 Å². The first kappa shape index (κ1) is 13.0. The normalized spacial score (nSPS) is 11.1. The molecule has 2 N–H and O–H groups in total. The lowest BCUT2D eigenvalue weighted by atomic mass is 10.1. The van der Waals surface area contributed by atoms with Gasteiger partial charge in [0.2, 0.25) is 0 Å². The van der Waals surface area contributed by atoms with Gasteiger partial charge in [-0.2, -0.15) is 0 Å². The van der Waals surface area contributed by atoms with Gasteiger partial charge >= 0.3 is 0 Å². The summed E-state index contributed by atoms with van der Waals surface area (Å²) < 4.78 is 13.5. The highest BCUT2D eigenvalue weighted by molar-refractivity contribution is 5.70. The number of nitrogens with one attached hydrogen (secondary N) is 2. The van der Waals surface area contributed by atoms with E-state index in [-0.39, 0.29) is 11.4 Å². The number of halogens is 1. The molecule has 1 aromatic heterocycles. The minimum absolute atomic E-state index is 0.0807. The van der Waals surface area contributed by atoms with Crippen LogP contribution in [0.5, 0.6) is 0 Å². The Balaban J connectivity index is 2.02. The van der Waals surface area contributed by atoms with E-state index in [1.807, 2.05) is 30.3 Å². The molecule has 3 rings (SSSR count). The summed E-state index contributed by atoms with van der Waals surface area (Å²) in [5.41, 5.74) is 1.09. The van der Waals surface area contributed by atoms with Gasteiger partial charge in [0, 0.05) is 5.56 Å². The van der Waals surface area contributed by atoms with E-state index in [4.69, 9.17) is 0 Å². The van der Waals surface area contributed by atoms with Crippen molar-refractivity contribution in [1.82, 2.24) is 10.2 Å². The van der Waals surface area contributed by atoms with E-state index in [0.717, 1.165) is 5.56 Å². The Hall–Kier alpha value is -3.02. The molecular formula is C15H11FN4O. The smallest absolute Gasteiger partial charge is 0.292 e. The Morgan fingerprint density at radius 1 is 0.857 bits per heavy atom. The number of hydrogen-bond acceptors (Lipinski definition) is 3. The fourth-order valence-corrected chi connectivity index (χ4v) is 1.90. The summed E-state index contributed by atoms with van der Waals surface area (Å²) in [6.45, 7) is 0. The van der Waals surface area contributed by atoms with E-state index in [1.54, 1.807) is 12.1 Å². The number of H-pyrrole nitrogens is 2. The van der Waals surface area contributed by atoms with Gasteiger partial charge in [-0.15, -0.1) is 10.2 Å². The predicted octanol–water partition coefficient (Wildman–Crippen LogP) is 3.92. The maximum absolute atomic E-state index is 13.5. The highest BCUT2D eigenvalue weighted by Crippen LogP contribution is 2.26. The van der Waals surface area contributed by atoms with Gasteiger partial charge in [0.05, 0.1) is 5.69 Å². The first-order valence-electron chi connectivity index (χ1n) is 6.28. The van der Waals surface area contributed by atoms with Crippen molar-refractivity contribution in [2.75, 3.05) is 0 Å². The number of hydrogen-bond donors (Lipinski definition) is 2. The fourth-order valence-electron chi connectivity index (χ4n) is 1.90. The first-order valence-corrected chi connectivity index (χ1v) is 6.28. The molecule has 0 aliphatic heterocycles. The van der Waals surface area contributed by atoms with Crippen molar-refractivity contribution in [3.05, 3.63) is 70.8 Å². The summed E-state index contributed by atoms with van der Waals surface area (Å²) in [4.78, 5) is 11.8. The number of aromatic nitrogens is 2. The van der Waals surface area contributed by atoms with Gasteiger partial charge in [-0.3, -0.25) is 15.0 Å². The molecule has 3 aromatic rings. The maximum Gasteiger partial charge on any atom is 0.292 e. The highest BCUT2D eigenvalue weighted by Gasteiger charge is 2.11. The van der Waals surface area contributed by atoms with Crippen molar-refractivity contribution in [2.45, 2.75) is 0 Å². The van der Waals surface area contributed by atoms with Crippen LogP contribution >= 0.6 is 0 Å². The second-order valence-electron chi connectivity index (χ2n) is 4.32. The number of rotatable bonds is 3. The molecule has 0 saturated heterocycles. The summed E-state index contributed by atoms with van der Waals surface area (Å²) in [5.74, 6) is -0.491. The van der Waals surface area contributed by atoms with E-state index in [1.165, 1.54) is 12.1 Å². The van der Waals surface area contributed by atoms with Crippen LogP contribution < -0.4 is 5.56 Å². The average molecular weight is 282 g/mol. The number of benzene rings is 2. The molecule has 1 heterocycles. The lowest BCUT2D eigenvalue weighted by Crippen LogP contribution is -1.96. The quantitative estimate of drug-likeness (QED) is 0.702. The van der Waals surface area contributed by atoms with Crippen molar-refractivity contribution in [1.29, 1.82) is 0 Å². The fraction of sp³-hybridized carbons (Fsp3) is 0. The number of azo groups is 1. The molecule has 0 atom stereocenters. The zero-order valence-corrected chi connectivity index (χ0v) is 10.9. The Morgan fingerprint density at radius 2 is 1.57 bits per heavy atom. The third kappa shape index (κ3) is 2.64. The highest BCUT2D eigenvalue weighted by atomic mass is 19.1. The van der Waals surface area contributed by atoms with Crippen LogP contribution in [0, 0.1) is 5.82 Å². The molecule has 0 amide bonds. The molecule has 0 aliphatic rings. The summed E-state index contributed by atoms with van der Waals surface area (Å²) in [7, 11) is 0. The van der Waals surface area contributed by atoms with Crippen molar-refractivity contribution >= 4 is 11.4 Å². The van der Waals surface area contributed by atoms with Gasteiger partial charge < -0.3 is 0 Å². The lowest BCUT2D eigenvalue weighted by Gasteiger charge is -1.98. The zero-order valence-electron chi connectivity index (χ0n) is 10.9. The Labute approximate surface area is 119 Å². The van der Waals surface area contributed by atoms with Crippen LogP contribution in [0.3, 0.4) is 0 Å². The zero-order chi connectivity index (χ0) is 14.7. The summed E-state index contributed by atoms with van der Waals surface area (Å²) in [6.07, 6.45) is 0. The van der Waals surface area contributed by atoms with Gasteiger partial charge in [0.1, 0.15) is 5.69 Å². The summed E-state index contributed by atoms with van der Waals surface area (Å²) >= 11 is 0. The molecule has 2 aromatic carbocycles. The van der Waals surface area contributed by atoms with Crippen LogP contribution in [0.1, 0.15) is 0 Å². The molecular weight excluding hydrogens is 271 g/mol. The third-order valence-electron chi connectivity index (χ3n) is 2.93. The minimum atomic E-state index is -0.491. The van der Waals surface area contributed by atoms with Crippen LogP contribution in [0.15, 0.2) is 69.6 Å². The molecule has 104 valence electrons. The van der Waals surface area contributed by atoms with Gasteiger partial charge in [0.25, 0.3) is 5.56 Å². The van der Waals surface area contributed by atoms with Crippen molar-refractivity contribution in [3.8, 4) is 11.3 Å². The second-order valence-corrected chi connectivity index (χ2v) is 4.32. The van der Waals surface area contributed by atoms with Crippen molar-refractivity contribution in [3.63, 3.8) is 0 Å². The minimum Gasteiger partial charge on any atom is -0.295 e. The van der Waals surface area contributed by atoms with Gasteiger partial charge in [-0.1, -0.05) is 42.5 Å². The maximum atomic E-state index is 13.5. The van der Waals surface area contributed by atoms with Crippen molar-refractivity contribution in [2.24, 2.45) is 10.2 Å². The van der Waals surface area contributed by atoms with Gasteiger partial charge in [-0.25, -0.2) is 4.39 Å². The molecule has 0 aliphatic carbocycles. The monoisotopic (exact) mass is 282 g/mol. The van der Waals surface area contributed by atoms with Crippen LogP contribution in [-0.4, -0.2) is 10.2 Å². The second kappa shape index (κ2) is 5.54. The van der Waals surface area contributed by atoms with Crippen LogP contribution in [0.2, 0.25) is 0 Å². The lowest BCUT2D eigenvalue weighted by molar-refractivity contribution is 0.628. The Bertz CT molecular complexity index is 836. The molecule has 6 heteroatoms. The predicted molar refractivity (Wildman–Crippen MR) is 77.4 cm³/mol. The van der Waals surface area contributed by atoms with E-state index in [9.17, 15) is 9.18 Å². The molecule has 0 bridgehead atoms. The summed E-state index contributed by atoms with van der Waals surface area (Å²) in [5, 5.41) is 12.9. The third-order valence-corrected chi connectivity index (χ3v) is 2.93. The Kier molecular flexibility index (Phi) is 3.42. The number of nitrogens with zero attached hydrogens (tertiary/aromatic N) is 2. The molecule has 21 heavy (non-hydrogen) atoms. The Morgan fingerprint density at radius 3 is 2.33 bits per heavy atom. The van der Waals surface area contributed by atoms with Gasteiger partial charge in [0.15, 0.2) is 11.5 Å². The van der Waals surface area contributed by atoms with E-state index in [2.05, 4.69) is 20.4 Å². The molecule has 0 radical (unpaired) electrons. The number of aromatic amines is 2. The van der Waals surface area contributed by atoms with Crippen LogP contribution in [-0.2, 0) is 0 Å². The topological polar surface area (TPSA) is 73.4 Å². The van der Waals surface area contributed by atoms with E-state index in [0.29, 0.717) is 5.69 Å². The largest absolute Gasteiger partial charge is 0.295 e. The standard InChI is InChI=1S/C15H11FN4O/c16-11-8-4-5-9-12(11)17-19-14-13(18-20-15(14)21)10-6-2-1-3-7-10/h1-9H,(H2,18,20,21). The van der Waals surface area contributed by atoms with E-state index < -0.39 is 11.4 Å². The molecule has 0 unspecified atom stereocenters. The molecule has 0 fully saturated rings. The average Bonchev–Trinajstić information content (AvgIpc) is 2.88. The molecule has 0 spiro atoms. The SMILES string of the molecule is O=c1[nH][nH]c(-c2ccccc2)c1N=Nc1ccccc1F. The summed E-state index contributed by atoms with van der Waals surface area (Å²) in [6, 6.07) is 15.2. The molecule has 0 saturated carbocycles. The first-order chi connectivity index (χ1) is 10.3. The molecule has 5 nitrogen and oxygen atoms in total.